The highest BCUT2D eigenvalue weighted by Gasteiger charge is 2.28. The Bertz CT molecular complexity index is 1650. The molecule has 4 aromatic carbocycles. The van der Waals surface area contributed by atoms with E-state index in [0.717, 1.165) is 37.0 Å². The zero-order valence-corrected chi connectivity index (χ0v) is 20.7. The summed E-state index contributed by atoms with van der Waals surface area (Å²) in [5.41, 5.74) is 3.81. The second-order valence-electron chi connectivity index (χ2n) is 9.30. The van der Waals surface area contributed by atoms with Crippen LogP contribution >= 0.6 is 0 Å². The molecule has 1 aliphatic heterocycles. The van der Waals surface area contributed by atoms with Gasteiger partial charge in [-0.05, 0) is 53.6 Å². The van der Waals surface area contributed by atoms with Gasteiger partial charge in [-0.1, -0.05) is 54.6 Å². The van der Waals surface area contributed by atoms with Gasteiger partial charge in [-0.15, -0.1) is 0 Å². The molecule has 5 aromatic rings. The van der Waals surface area contributed by atoms with E-state index < -0.39 is 10.0 Å². The minimum atomic E-state index is -3.50. The Kier molecular flexibility index (Phi) is 5.60. The quantitative estimate of drug-likeness (QED) is 0.333. The van der Waals surface area contributed by atoms with Gasteiger partial charge >= 0.3 is 0 Å². The number of para-hydroxylation sites is 1. The first kappa shape index (κ1) is 22.3. The van der Waals surface area contributed by atoms with Gasteiger partial charge in [0.15, 0.2) is 0 Å². The van der Waals surface area contributed by atoms with Gasteiger partial charge in [0.2, 0.25) is 10.0 Å². The molecule has 1 aliphatic rings. The first-order valence-corrected chi connectivity index (χ1v) is 13.7. The number of hydrogen-bond donors (Lipinski definition) is 0. The molecule has 0 spiro atoms. The number of piperazine rings is 1. The monoisotopic (exact) mass is 483 g/mol. The Morgan fingerprint density at radius 2 is 1.43 bits per heavy atom. The highest BCUT2D eigenvalue weighted by Crippen LogP contribution is 2.30. The smallest absolute Gasteiger partial charge is 0.243 e. The largest absolute Gasteiger partial charge is 0.341 e. The Morgan fingerprint density at radius 1 is 0.714 bits per heavy atom. The summed E-state index contributed by atoms with van der Waals surface area (Å²) in [7, 11) is -3.50. The molecule has 0 bridgehead atoms. The van der Waals surface area contributed by atoms with E-state index in [1.807, 2.05) is 30.3 Å². The minimum Gasteiger partial charge on any atom is -0.341 e. The van der Waals surface area contributed by atoms with Gasteiger partial charge < -0.3 is 4.57 Å². The number of aryl methyl sites for hydroxylation is 1. The van der Waals surface area contributed by atoms with Crippen molar-refractivity contribution < 1.29 is 8.42 Å². The predicted molar refractivity (Wildman–Crippen MR) is 143 cm³/mol. The van der Waals surface area contributed by atoms with Crippen LogP contribution in [0, 0.1) is 0 Å². The van der Waals surface area contributed by atoms with E-state index in [9.17, 15) is 8.42 Å². The fraction of sp³-hybridized carbons (Fsp3) is 0.241. The van der Waals surface area contributed by atoms with E-state index in [1.54, 1.807) is 16.4 Å². The highest BCUT2D eigenvalue weighted by atomic mass is 32.2. The van der Waals surface area contributed by atoms with E-state index in [-0.39, 0.29) is 0 Å². The third-order valence-electron chi connectivity index (χ3n) is 7.25. The zero-order chi connectivity index (χ0) is 24.0. The normalized spacial score (nSPS) is 15.9. The van der Waals surface area contributed by atoms with Crippen LogP contribution in [0.1, 0.15) is 12.5 Å². The molecule has 178 valence electrons. The Labute approximate surface area is 206 Å². The zero-order valence-electron chi connectivity index (χ0n) is 19.9. The van der Waals surface area contributed by atoms with Gasteiger partial charge in [0.25, 0.3) is 0 Å². The lowest BCUT2D eigenvalue weighted by Gasteiger charge is -2.34. The molecule has 0 saturated carbocycles. The summed E-state index contributed by atoms with van der Waals surface area (Å²) in [4.78, 5) is 2.73. The predicted octanol–water partition coefficient (Wildman–Crippen LogP) is 5.47. The van der Waals surface area contributed by atoms with Crippen LogP contribution in [0.25, 0.3) is 32.6 Å². The van der Waals surface area contributed by atoms with Crippen LogP contribution < -0.4 is 0 Å². The number of rotatable bonds is 5. The van der Waals surface area contributed by atoms with Crippen LogP contribution in [0.3, 0.4) is 0 Å². The lowest BCUT2D eigenvalue weighted by Crippen LogP contribution is -2.48. The molecular formula is C29H29N3O2S. The minimum absolute atomic E-state index is 0.377. The summed E-state index contributed by atoms with van der Waals surface area (Å²) in [5.74, 6) is 0. The van der Waals surface area contributed by atoms with Crippen molar-refractivity contribution >= 4 is 42.6 Å². The van der Waals surface area contributed by atoms with E-state index in [1.165, 1.54) is 27.4 Å². The van der Waals surface area contributed by atoms with Crippen molar-refractivity contribution in [3.05, 3.63) is 90.5 Å². The number of hydrogen-bond acceptors (Lipinski definition) is 3. The summed E-state index contributed by atoms with van der Waals surface area (Å²) in [6.07, 6.45) is 0. The summed E-state index contributed by atoms with van der Waals surface area (Å²) < 4.78 is 30.6. The second kappa shape index (κ2) is 8.79. The van der Waals surface area contributed by atoms with Crippen molar-refractivity contribution in [1.29, 1.82) is 0 Å². The summed E-state index contributed by atoms with van der Waals surface area (Å²) in [5, 5.41) is 4.58. The first-order valence-electron chi connectivity index (χ1n) is 12.3. The molecule has 1 aromatic heterocycles. The van der Waals surface area contributed by atoms with Gasteiger partial charge in [0.05, 0.1) is 4.90 Å². The van der Waals surface area contributed by atoms with E-state index in [4.69, 9.17) is 0 Å². The number of aromatic nitrogens is 1. The van der Waals surface area contributed by atoms with Crippen LogP contribution in [0.4, 0.5) is 0 Å². The average Bonchev–Trinajstić information content (AvgIpc) is 3.21. The molecule has 6 heteroatoms. The Balaban J connectivity index is 1.19. The Morgan fingerprint density at radius 3 is 2.23 bits per heavy atom. The topological polar surface area (TPSA) is 45.5 Å². The molecule has 0 N–H and O–H groups in total. The van der Waals surface area contributed by atoms with Crippen molar-refractivity contribution in [3.63, 3.8) is 0 Å². The number of nitrogens with zero attached hydrogens (tertiary/aromatic N) is 3. The maximum Gasteiger partial charge on any atom is 0.243 e. The Hall–Kier alpha value is -3.19. The van der Waals surface area contributed by atoms with Gasteiger partial charge in [-0.2, -0.15) is 4.31 Å². The fourth-order valence-corrected chi connectivity index (χ4v) is 6.86. The molecule has 6 rings (SSSR count). The van der Waals surface area contributed by atoms with Crippen LogP contribution in [-0.2, 0) is 23.1 Å². The van der Waals surface area contributed by atoms with Crippen LogP contribution in [0.5, 0.6) is 0 Å². The van der Waals surface area contributed by atoms with E-state index >= 15 is 0 Å². The second-order valence-corrected chi connectivity index (χ2v) is 11.2. The fourth-order valence-electron chi connectivity index (χ4n) is 5.40. The molecule has 0 unspecified atom stereocenters. The summed E-state index contributed by atoms with van der Waals surface area (Å²) in [6, 6.07) is 28.6. The molecule has 0 aliphatic carbocycles. The van der Waals surface area contributed by atoms with Crippen molar-refractivity contribution in [2.75, 3.05) is 26.2 Å². The third kappa shape index (κ3) is 3.92. The third-order valence-corrected chi connectivity index (χ3v) is 9.14. The molecule has 2 heterocycles. The molecule has 1 saturated heterocycles. The van der Waals surface area contributed by atoms with E-state index in [0.29, 0.717) is 18.0 Å². The van der Waals surface area contributed by atoms with Crippen molar-refractivity contribution in [1.82, 2.24) is 13.8 Å². The highest BCUT2D eigenvalue weighted by molar-refractivity contribution is 7.89. The number of benzene rings is 4. The molecule has 1 fully saturated rings. The maximum atomic E-state index is 13.3. The molecule has 0 radical (unpaired) electrons. The van der Waals surface area contributed by atoms with Crippen LogP contribution in [0.2, 0.25) is 0 Å². The van der Waals surface area contributed by atoms with Crippen LogP contribution in [0.15, 0.2) is 89.8 Å². The van der Waals surface area contributed by atoms with Gasteiger partial charge in [-0.25, -0.2) is 8.42 Å². The van der Waals surface area contributed by atoms with Crippen LogP contribution in [-0.4, -0.2) is 48.4 Å². The van der Waals surface area contributed by atoms with E-state index in [2.05, 4.69) is 58.9 Å². The molecule has 5 nitrogen and oxygen atoms in total. The molecule has 0 atom stereocenters. The van der Waals surface area contributed by atoms with Gasteiger partial charge in [0, 0.05) is 61.1 Å². The lowest BCUT2D eigenvalue weighted by atomic mass is 10.1. The standard InChI is InChI=1S/C29H29N3O2S/c1-2-32-28-10-6-5-9-26(28)27-19-22(11-14-29(27)32)21-30-15-17-31(18-16-30)35(33,34)25-13-12-23-7-3-4-8-24(23)20-25/h3-14,19-20H,2,15-18,21H2,1H3. The first-order chi connectivity index (χ1) is 17.0. The number of sulfonamides is 1. The SMILES string of the molecule is CCn1c2ccccc2c2cc(CN3CCN(S(=O)(=O)c4ccc5ccccc5c4)CC3)ccc21. The van der Waals surface area contributed by atoms with Crippen molar-refractivity contribution in [2.24, 2.45) is 0 Å². The summed E-state index contributed by atoms with van der Waals surface area (Å²) >= 11 is 0. The molecule has 35 heavy (non-hydrogen) atoms. The van der Waals surface area contributed by atoms with Crippen molar-refractivity contribution in [2.45, 2.75) is 24.9 Å². The lowest BCUT2D eigenvalue weighted by molar-refractivity contribution is 0.181. The average molecular weight is 484 g/mol. The number of fused-ring (bicyclic) bond motifs is 4. The van der Waals surface area contributed by atoms with Crippen molar-refractivity contribution in [3.8, 4) is 0 Å². The maximum absolute atomic E-state index is 13.3. The van der Waals surface area contributed by atoms with Gasteiger partial charge in [0.1, 0.15) is 0 Å². The molecule has 0 amide bonds. The van der Waals surface area contributed by atoms with Gasteiger partial charge in [-0.3, -0.25) is 4.90 Å². The summed E-state index contributed by atoms with van der Waals surface area (Å²) in [6.45, 7) is 6.41. The molecular weight excluding hydrogens is 454 g/mol.